The number of benzene rings is 2. The maximum Gasteiger partial charge on any atom is 0.371 e. The second-order valence-corrected chi connectivity index (χ2v) is 10.5. The molecule has 7 nitrogen and oxygen atoms in total. The highest BCUT2D eigenvalue weighted by Crippen LogP contribution is 2.31. The van der Waals surface area contributed by atoms with E-state index < -0.39 is 17.7 Å². The number of thioether (sulfide) groups is 1. The third-order valence-electron chi connectivity index (χ3n) is 4.96. The number of carbonyl (C=O) groups is 2. The Morgan fingerprint density at radius 2 is 2.00 bits per heavy atom. The molecule has 2 N–H and O–H groups in total. The zero-order valence-corrected chi connectivity index (χ0v) is 23.0. The van der Waals surface area contributed by atoms with Gasteiger partial charge in [-0.15, -0.1) is 11.3 Å². The fourth-order valence-electron chi connectivity index (χ4n) is 3.15. The molecule has 1 aromatic heterocycles. The summed E-state index contributed by atoms with van der Waals surface area (Å²) in [6.45, 7) is 2.76. The van der Waals surface area contributed by atoms with Gasteiger partial charge in [0, 0.05) is 33.4 Å². The number of hydrogen-bond acceptors (Lipinski definition) is 7. The van der Waals surface area contributed by atoms with E-state index >= 15 is 4.39 Å². The third kappa shape index (κ3) is 7.68. The lowest BCUT2D eigenvalue weighted by molar-refractivity contribution is -0.135. The number of ether oxygens (including phenoxy) is 2. The number of carboxylic acid groups (broad SMARTS) is 1. The first-order valence-corrected chi connectivity index (χ1v) is 13.7. The molecule has 0 aliphatic heterocycles. The van der Waals surface area contributed by atoms with Crippen LogP contribution in [0.15, 0.2) is 41.5 Å². The van der Waals surface area contributed by atoms with Gasteiger partial charge in [-0.2, -0.15) is 11.8 Å². The number of thiazole rings is 1. The van der Waals surface area contributed by atoms with Crippen molar-refractivity contribution < 1.29 is 28.6 Å². The molecule has 3 rings (SSSR count). The van der Waals surface area contributed by atoms with Gasteiger partial charge >= 0.3 is 5.97 Å². The Bertz CT molecular complexity index is 1290. The average Bonchev–Trinajstić information content (AvgIpc) is 3.32. The number of halogens is 3. The highest BCUT2D eigenvalue weighted by atomic mass is 35.5. The normalized spacial score (nSPS) is 11.4. The van der Waals surface area contributed by atoms with Crippen molar-refractivity contribution in [3.05, 3.63) is 74.0 Å². The highest BCUT2D eigenvalue weighted by molar-refractivity contribution is 7.99. The Kier molecular flexibility index (Phi) is 10.8. The fraction of sp³-hybridized carbons (Fsp3) is 0.240. The average molecular weight is 586 g/mol. The van der Waals surface area contributed by atoms with Gasteiger partial charge in [0.25, 0.3) is 5.91 Å². The summed E-state index contributed by atoms with van der Waals surface area (Å²) in [5.74, 6) is -0.780. The summed E-state index contributed by atoms with van der Waals surface area (Å²) in [5.41, 5.74) is 1.42. The van der Waals surface area contributed by atoms with Crippen LogP contribution in [0, 0.1) is 5.82 Å². The molecule has 0 saturated heterocycles. The number of carboxylic acids is 1. The van der Waals surface area contributed by atoms with E-state index in [2.05, 4.69) is 17.2 Å². The standard InChI is InChI=1S/C25H23Cl2FN2O5S2/c1-3-36-8-7-35-12-14-5-4-6-16(22(14)28)20-13-37-25(29-20)30-23(31)15-9-18(26)17(19(27)10-15)11-21(34-2)24(32)33/h4-6,9-11,13H,3,7-8,12H2,1-2H3,(H,32,33)(H,29,30,31). The van der Waals surface area contributed by atoms with Gasteiger partial charge in [0.2, 0.25) is 5.76 Å². The number of methoxy groups -OCH3 is 1. The van der Waals surface area contributed by atoms with E-state index in [4.69, 9.17) is 37.8 Å². The summed E-state index contributed by atoms with van der Waals surface area (Å²) in [7, 11) is 1.20. The molecule has 37 heavy (non-hydrogen) atoms. The number of aromatic nitrogens is 1. The Morgan fingerprint density at radius 3 is 2.65 bits per heavy atom. The molecular weight excluding hydrogens is 562 g/mol. The summed E-state index contributed by atoms with van der Waals surface area (Å²) in [6, 6.07) is 7.71. The number of aliphatic carboxylic acids is 1. The van der Waals surface area contributed by atoms with Crippen molar-refractivity contribution in [2.45, 2.75) is 13.5 Å². The van der Waals surface area contributed by atoms with Crippen LogP contribution >= 0.6 is 46.3 Å². The Morgan fingerprint density at radius 1 is 1.27 bits per heavy atom. The predicted octanol–water partition coefficient (Wildman–Crippen LogP) is 6.85. The van der Waals surface area contributed by atoms with Crippen LogP contribution in [0.3, 0.4) is 0 Å². The van der Waals surface area contributed by atoms with E-state index in [1.54, 1.807) is 35.3 Å². The monoisotopic (exact) mass is 584 g/mol. The SMILES string of the molecule is CCSCCOCc1cccc(-c2csc(NC(=O)c3cc(Cl)c(C=C(OC)C(=O)O)c(Cl)c3)n2)c1F. The van der Waals surface area contributed by atoms with Crippen LogP contribution in [-0.2, 0) is 20.9 Å². The largest absolute Gasteiger partial charge is 0.490 e. The molecule has 0 unspecified atom stereocenters. The van der Waals surface area contributed by atoms with Gasteiger partial charge in [-0.05, 0) is 30.0 Å². The van der Waals surface area contributed by atoms with Crippen LogP contribution in [0.5, 0.6) is 0 Å². The van der Waals surface area contributed by atoms with Gasteiger partial charge in [-0.1, -0.05) is 42.3 Å². The Labute approximate surface area is 231 Å². The molecule has 1 amide bonds. The van der Waals surface area contributed by atoms with Crippen molar-refractivity contribution in [2.24, 2.45) is 0 Å². The van der Waals surface area contributed by atoms with Gasteiger partial charge in [0.05, 0.1) is 36.1 Å². The van der Waals surface area contributed by atoms with Crippen molar-refractivity contribution >= 4 is 69.4 Å². The van der Waals surface area contributed by atoms with Crippen molar-refractivity contribution in [3.8, 4) is 11.3 Å². The maximum atomic E-state index is 15.1. The zero-order valence-electron chi connectivity index (χ0n) is 19.8. The maximum absolute atomic E-state index is 15.1. The summed E-state index contributed by atoms with van der Waals surface area (Å²) in [5, 5.41) is 13.8. The second-order valence-electron chi connectivity index (χ2n) is 7.39. The first kappa shape index (κ1) is 28.9. The zero-order chi connectivity index (χ0) is 26.9. The number of hydrogen-bond donors (Lipinski definition) is 2. The third-order valence-corrected chi connectivity index (χ3v) is 7.21. The molecule has 196 valence electrons. The summed E-state index contributed by atoms with van der Waals surface area (Å²) >= 11 is 15.4. The van der Waals surface area contributed by atoms with Crippen LogP contribution in [0.1, 0.15) is 28.4 Å². The summed E-state index contributed by atoms with van der Waals surface area (Å²) < 4.78 is 25.4. The van der Waals surface area contributed by atoms with Gasteiger partial charge in [0.1, 0.15) is 5.82 Å². The van der Waals surface area contributed by atoms with Crippen LogP contribution in [0.25, 0.3) is 17.3 Å². The Balaban J connectivity index is 1.74. The van der Waals surface area contributed by atoms with E-state index in [1.165, 1.54) is 25.3 Å². The number of carbonyl (C=O) groups excluding carboxylic acids is 1. The molecule has 0 fully saturated rings. The molecule has 3 aromatic rings. The van der Waals surface area contributed by atoms with Crippen molar-refractivity contribution in [2.75, 3.05) is 30.5 Å². The molecular formula is C25H23Cl2FN2O5S2. The minimum absolute atomic E-state index is 0.0580. The number of nitrogens with zero attached hydrogens (tertiary/aromatic N) is 1. The second kappa shape index (κ2) is 13.8. The first-order valence-electron chi connectivity index (χ1n) is 10.9. The minimum Gasteiger partial charge on any atom is -0.490 e. The highest BCUT2D eigenvalue weighted by Gasteiger charge is 2.18. The molecule has 0 aliphatic rings. The van der Waals surface area contributed by atoms with Gasteiger partial charge in [-0.25, -0.2) is 14.2 Å². The van der Waals surface area contributed by atoms with Crippen LogP contribution in [-0.4, -0.2) is 47.2 Å². The molecule has 0 atom stereocenters. The first-order chi connectivity index (χ1) is 17.7. The summed E-state index contributed by atoms with van der Waals surface area (Å²) in [6.07, 6.45) is 1.17. The Hall–Kier alpha value is -2.63. The van der Waals surface area contributed by atoms with Crippen molar-refractivity contribution in [1.82, 2.24) is 4.98 Å². The number of nitrogens with one attached hydrogen (secondary N) is 1. The van der Waals surface area contributed by atoms with Gasteiger partial charge in [0.15, 0.2) is 5.13 Å². The van der Waals surface area contributed by atoms with Crippen LogP contribution in [0.4, 0.5) is 9.52 Å². The van der Waals surface area contributed by atoms with E-state index in [0.717, 1.165) is 22.8 Å². The molecule has 1 heterocycles. The molecule has 12 heteroatoms. The molecule has 2 aromatic carbocycles. The number of rotatable bonds is 12. The topological polar surface area (TPSA) is 97.8 Å². The minimum atomic E-state index is -1.29. The van der Waals surface area contributed by atoms with Crippen LogP contribution in [0.2, 0.25) is 10.0 Å². The van der Waals surface area contributed by atoms with Crippen molar-refractivity contribution in [3.63, 3.8) is 0 Å². The molecule has 0 aliphatic carbocycles. The lowest BCUT2D eigenvalue weighted by atomic mass is 10.1. The number of amides is 1. The van der Waals surface area contributed by atoms with E-state index in [1.807, 2.05) is 0 Å². The van der Waals surface area contributed by atoms with Gasteiger partial charge < -0.3 is 14.6 Å². The summed E-state index contributed by atoms with van der Waals surface area (Å²) in [4.78, 5) is 28.3. The molecule has 0 bridgehead atoms. The van der Waals surface area contributed by atoms with Gasteiger partial charge in [-0.3, -0.25) is 10.1 Å². The van der Waals surface area contributed by atoms with Crippen molar-refractivity contribution in [1.29, 1.82) is 0 Å². The van der Waals surface area contributed by atoms with E-state index in [0.29, 0.717) is 23.4 Å². The van der Waals surface area contributed by atoms with E-state index in [-0.39, 0.29) is 38.7 Å². The smallest absolute Gasteiger partial charge is 0.371 e. The molecule has 0 spiro atoms. The lowest BCUT2D eigenvalue weighted by Gasteiger charge is -2.09. The van der Waals surface area contributed by atoms with Crippen LogP contribution < -0.4 is 5.32 Å². The predicted molar refractivity (Wildman–Crippen MR) is 147 cm³/mol. The molecule has 0 radical (unpaired) electrons. The quantitative estimate of drug-likeness (QED) is 0.136. The van der Waals surface area contributed by atoms with E-state index in [9.17, 15) is 9.59 Å². The lowest BCUT2D eigenvalue weighted by Crippen LogP contribution is -2.12. The number of anilines is 1. The fourth-order valence-corrected chi connectivity index (χ4v) is 4.98. The molecule has 0 saturated carbocycles.